The second-order valence-corrected chi connectivity index (χ2v) is 6.82. The van der Waals surface area contributed by atoms with E-state index in [1.807, 2.05) is 24.3 Å². The Morgan fingerprint density at radius 2 is 1.48 bits per heavy atom. The minimum Gasteiger partial charge on any atom is -0.275 e. The summed E-state index contributed by atoms with van der Waals surface area (Å²) >= 11 is 3.38. The van der Waals surface area contributed by atoms with Crippen molar-refractivity contribution in [3.8, 4) is 0 Å². The summed E-state index contributed by atoms with van der Waals surface area (Å²) in [6.45, 7) is 0.0873. The van der Waals surface area contributed by atoms with Gasteiger partial charge in [-0.1, -0.05) is 11.8 Å². The minimum absolute atomic E-state index is 0.0873. The van der Waals surface area contributed by atoms with Gasteiger partial charge in [-0.25, -0.2) is 15.2 Å². The predicted molar refractivity (Wildman–Crippen MR) is 92.8 cm³/mol. The van der Waals surface area contributed by atoms with E-state index in [0.717, 1.165) is 9.79 Å². The summed E-state index contributed by atoms with van der Waals surface area (Å²) in [7, 11) is 0. The van der Waals surface area contributed by atoms with Crippen molar-refractivity contribution in [2.45, 2.75) is 14.7 Å². The lowest BCUT2D eigenvalue weighted by molar-refractivity contribution is -0.119. The second kappa shape index (κ2) is 7.08. The number of benzene rings is 2. The maximum Gasteiger partial charge on any atom is 0.343 e. The highest BCUT2D eigenvalue weighted by Gasteiger charge is 2.23. The number of hydrogen-bond donors (Lipinski definition) is 2. The number of nitrogens with zero attached hydrogens (tertiary/aromatic N) is 1. The molecule has 3 amide bonds. The number of carbonyl (C=O) groups is 2. The molecule has 1 saturated heterocycles. The quantitative estimate of drug-likeness (QED) is 0.834. The fraction of sp³-hybridized carbons (Fsp3) is 0.125. The van der Waals surface area contributed by atoms with E-state index in [4.69, 9.17) is 0 Å². The Bertz CT molecular complexity index is 717. The highest BCUT2D eigenvalue weighted by Crippen LogP contribution is 2.30. The van der Waals surface area contributed by atoms with Crippen molar-refractivity contribution in [1.29, 1.82) is 0 Å². The lowest BCUT2D eigenvalue weighted by Gasteiger charge is -2.27. The Hall–Kier alpha value is -1.96. The molecular weight excluding hydrogens is 330 g/mol. The third kappa shape index (κ3) is 3.87. The SMILES string of the molecule is CSc1ccc(Sc2ccc(N3NCC(=O)NC3=O)cc2)cc1. The fourth-order valence-electron chi connectivity index (χ4n) is 2.09. The van der Waals surface area contributed by atoms with Crippen LogP contribution in [0.1, 0.15) is 0 Å². The van der Waals surface area contributed by atoms with Gasteiger partial charge in [0.2, 0.25) is 5.91 Å². The maximum absolute atomic E-state index is 11.8. The third-order valence-electron chi connectivity index (χ3n) is 3.24. The molecule has 3 rings (SSSR count). The number of thioether (sulfide) groups is 1. The summed E-state index contributed by atoms with van der Waals surface area (Å²) in [6, 6.07) is 15.5. The molecule has 0 atom stereocenters. The molecule has 1 aliphatic rings. The molecule has 0 bridgehead atoms. The van der Waals surface area contributed by atoms with Gasteiger partial charge in [-0.15, -0.1) is 11.8 Å². The zero-order valence-corrected chi connectivity index (χ0v) is 14.0. The van der Waals surface area contributed by atoms with Gasteiger partial charge in [0.15, 0.2) is 0 Å². The molecule has 0 aliphatic carbocycles. The average molecular weight is 345 g/mol. The second-order valence-electron chi connectivity index (χ2n) is 4.80. The van der Waals surface area contributed by atoms with Crippen LogP contribution in [0.4, 0.5) is 10.5 Å². The number of anilines is 1. The fourth-order valence-corrected chi connectivity index (χ4v) is 3.32. The molecule has 23 heavy (non-hydrogen) atoms. The van der Waals surface area contributed by atoms with E-state index in [1.165, 1.54) is 9.90 Å². The largest absolute Gasteiger partial charge is 0.343 e. The van der Waals surface area contributed by atoms with Crippen molar-refractivity contribution in [3.63, 3.8) is 0 Å². The lowest BCUT2D eigenvalue weighted by Crippen LogP contribution is -2.59. The standard InChI is InChI=1S/C16H15N3O2S2/c1-22-12-6-8-14(9-7-12)23-13-4-2-11(3-5-13)19-16(21)18-15(20)10-17-19/h2-9,17H,10H2,1H3,(H,18,20,21). The van der Waals surface area contributed by atoms with E-state index in [9.17, 15) is 9.59 Å². The Kier molecular flexibility index (Phi) is 4.90. The number of carbonyl (C=O) groups excluding carboxylic acids is 2. The first kappa shape index (κ1) is 15.9. The van der Waals surface area contributed by atoms with Crippen molar-refractivity contribution in [2.24, 2.45) is 0 Å². The summed E-state index contributed by atoms with van der Waals surface area (Å²) in [5, 5.41) is 3.61. The van der Waals surface area contributed by atoms with Gasteiger partial charge in [0.25, 0.3) is 0 Å². The predicted octanol–water partition coefficient (Wildman–Crippen LogP) is 3.12. The van der Waals surface area contributed by atoms with Gasteiger partial charge in [-0.2, -0.15) is 0 Å². The summed E-state index contributed by atoms with van der Waals surface area (Å²) in [4.78, 5) is 26.4. The van der Waals surface area contributed by atoms with Crippen LogP contribution in [0.15, 0.2) is 63.2 Å². The van der Waals surface area contributed by atoms with Gasteiger partial charge in [-0.05, 0) is 54.8 Å². The van der Waals surface area contributed by atoms with Crippen LogP contribution in [0.2, 0.25) is 0 Å². The maximum atomic E-state index is 11.8. The molecule has 0 unspecified atom stereocenters. The zero-order chi connectivity index (χ0) is 16.2. The van der Waals surface area contributed by atoms with Crippen LogP contribution in [-0.2, 0) is 4.79 Å². The van der Waals surface area contributed by atoms with Crippen LogP contribution in [0.3, 0.4) is 0 Å². The number of amides is 3. The molecule has 0 saturated carbocycles. The zero-order valence-electron chi connectivity index (χ0n) is 12.4. The summed E-state index contributed by atoms with van der Waals surface area (Å²) in [5.41, 5.74) is 3.47. The number of rotatable bonds is 4. The number of urea groups is 1. The molecule has 118 valence electrons. The minimum atomic E-state index is -0.464. The normalized spacial score (nSPS) is 14.7. The highest BCUT2D eigenvalue weighted by molar-refractivity contribution is 7.99. The van der Waals surface area contributed by atoms with Gasteiger partial charge >= 0.3 is 6.03 Å². The van der Waals surface area contributed by atoms with Crippen LogP contribution in [0.25, 0.3) is 0 Å². The average Bonchev–Trinajstić information content (AvgIpc) is 2.57. The van der Waals surface area contributed by atoms with Gasteiger partial charge in [0.05, 0.1) is 12.2 Å². The Labute approximate surface area is 142 Å². The topological polar surface area (TPSA) is 61.4 Å². The highest BCUT2D eigenvalue weighted by atomic mass is 32.2. The van der Waals surface area contributed by atoms with E-state index < -0.39 is 6.03 Å². The summed E-state index contributed by atoms with van der Waals surface area (Å²) in [5.74, 6) is -0.327. The monoisotopic (exact) mass is 345 g/mol. The number of hydrogen-bond acceptors (Lipinski definition) is 5. The molecule has 0 aromatic heterocycles. The van der Waals surface area contributed by atoms with Gasteiger partial charge in [0.1, 0.15) is 0 Å². The Morgan fingerprint density at radius 3 is 2.04 bits per heavy atom. The molecule has 1 fully saturated rings. The molecule has 7 heteroatoms. The van der Waals surface area contributed by atoms with Crippen LogP contribution < -0.4 is 15.8 Å². The lowest BCUT2D eigenvalue weighted by atomic mass is 10.3. The smallest absolute Gasteiger partial charge is 0.275 e. The van der Waals surface area contributed by atoms with Crippen molar-refractivity contribution >= 4 is 41.1 Å². The molecule has 1 aliphatic heterocycles. The van der Waals surface area contributed by atoms with E-state index in [0.29, 0.717) is 5.69 Å². The molecule has 5 nitrogen and oxygen atoms in total. The third-order valence-corrected chi connectivity index (χ3v) is 5.00. The molecule has 2 aromatic rings. The molecule has 2 aromatic carbocycles. The van der Waals surface area contributed by atoms with Crippen molar-refractivity contribution < 1.29 is 9.59 Å². The van der Waals surface area contributed by atoms with E-state index in [1.54, 1.807) is 23.5 Å². The molecule has 0 radical (unpaired) electrons. The van der Waals surface area contributed by atoms with Crippen LogP contribution in [0.5, 0.6) is 0 Å². The number of imide groups is 1. The van der Waals surface area contributed by atoms with Crippen LogP contribution in [-0.4, -0.2) is 24.7 Å². The molecule has 0 spiro atoms. The van der Waals surface area contributed by atoms with Gasteiger partial charge in [0, 0.05) is 14.7 Å². The van der Waals surface area contributed by atoms with E-state index >= 15 is 0 Å². The van der Waals surface area contributed by atoms with Crippen molar-refractivity contribution in [2.75, 3.05) is 17.8 Å². The van der Waals surface area contributed by atoms with E-state index in [2.05, 4.69) is 41.3 Å². The first-order chi connectivity index (χ1) is 11.2. The first-order valence-corrected chi connectivity index (χ1v) is 8.99. The van der Waals surface area contributed by atoms with Gasteiger partial charge < -0.3 is 0 Å². The Morgan fingerprint density at radius 1 is 0.913 bits per heavy atom. The first-order valence-electron chi connectivity index (χ1n) is 6.95. The molecule has 2 N–H and O–H groups in total. The van der Waals surface area contributed by atoms with Crippen molar-refractivity contribution in [1.82, 2.24) is 10.7 Å². The summed E-state index contributed by atoms with van der Waals surface area (Å²) in [6.07, 6.45) is 2.05. The number of hydrazine groups is 1. The van der Waals surface area contributed by atoms with Crippen molar-refractivity contribution in [3.05, 3.63) is 48.5 Å². The molecular formula is C16H15N3O2S2. The summed E-state index contributed by atoms with van der Waals surface area (Å²) < 4.78 is 0. The van der Waals surface area contributed by atoms with Crippen LogP contribution >= 0.6 is 23.5 Å². The Balaban J connectivity index is 1.69. The van der Waals surface area contributed by atoms with Gasteiger partial charge in [-0.3, -0.25) is 10.1 Å². The number of nitrogens with one attached hydrogen (secondary N) is 2. The molecule has 1 heterocycles. The van der Waals surface area contributed by atoms with Crippen LogP contribution in [0, 0.1) is 0 Å². The van der Waals surface area contributed by atoms with E-state index in [-0.39, 0.29) is 12.5 Å².